The molecule has 108 valence electrons. The first kappa shape index (κ1) is 13.8. The van der Waals surface area contributed by atoms with Crippen molar-refractivity contribution in [3.63, 3.8) is 0 Å². The van der Waals surface area contributed by atoms with Crippen molar-refractivity contribution in [1.82, 2.24) is 9.36 Å². The highest BCUT2D eigenvalue weighted by atomic mass is 32.1. The van der Waals surface area contributed by atoms with Crippen LogP contribution in [0, 0.1) is 6.92 Å². The smallest absolute Gasteiger partial charge is 0.149 e. The Hall–Kier alpha value is -1.18. The van der Waals surface area contributed by atoms with Crippen molar-refractivity contribution in [2.45, 2.75) is 38.3 Å². The molecule has 2 aromatic rings. The van der Waals surface area contributed by atoms with Crippen molar-refractivity contribution in [2.24, 2.45) is 0 Å². The maximum atomic E-state index is 6.01. The summed E-state index contributed by atoms with van der Waals surface area (Å²) in [5.41, 5.74) is 7.98. The molecule has 0 radical (unpaired) electrons. The van der Waals surface area contributed by atoms with Crippen LogP contribution in [0.25, 0.3) is 10.6 Å². The van der Waals surface area contributed by atoms with Crippen LogP contribution in [-0.2, 0) is 4.74 Å². The van der Waals surface area contributed by atoms with Gasteiger partial charge in [-0.05, 0) is 37.7 Å². The Balaban J connectivity index is 1.81. The van der Waals surface area contributed by atoms with Gasteiger partial charge in [-0.25, -0.2) is 4.98 Å². The minimum Gasteiger partial charge on any atom is -0.382 e. The Kier molecular flexibility index (Phi) is 3.91. The zero-order chi connectivity index (χ0) is 14.1. The summed E-state index contributed by atoms with van der Waals surface area (Å²) in [6, 6.07) is 0.430. The van der Waals surface area contributed by atoms with Gasteiger partial charge in [-0.15, -0.1) is 11.3 Å². The zero-order valence-electron chi connectivity index (χ0n) is 11.5. The fourth-order valence-electron chi connectivity index (χ4n) is 2.55. The van der Waals surface area contributed by atoms with Gasteiger partial charge in [0.25, 0.3) is 0 Å². The van der Waals surface area contributed by atoms with Gasteiger partial charge in [-0.1, -0.05) is 0 Å². The summed E-state index contributed by atoms with van der Waals surface area (Å²) < 4.78 is 9.69. The van der Waals surface area contributed by atoms with E-state index in [-0.39, 0.29) is 0 Å². The van der Waals surface area contributed by atoms with Gasteiger partial charge in [0.15, 0.2) is 0 Å². The normalized spacial score (nSPS) is 22.3. The van der Waals surface area contributed by atoms with Crippen molar-refractivity contribution < 1.29 is 4.74 Å². The first-order valence-electron chi connectivity index (χ1n) is 6.64. The number of nitrogens with two attached hydrogens (primary N) is 1. The number of ether oxygens (including phenoxy) is 1. The molecule has 0 amide bonds. The Labute approximate surface area is 126 Å². The second-order valence-electron chi connectivity index (χ2n) is 5.08. The van der Waals surface area contributed by atoms with E-state index in [1.807, 2.05) is 12.3 Å². The fraction of sp³-hybridized carbons (Fsp3) is 0.538. The number of hydrogen-bond donors (Lipinski definition) is 2. The third kappa shape index (κ3) is 2.65. The van der Waals surface area contributed by atoms with E-state index in [1.54, 1.807) is 18.4 Å². The third-order valence-corrected chi connectivity index (χ3v) is 5.37. The average molecular weight is 310 g/mol. The van der Waals surface area contributed by atoms with Crippen LogP contribution in [0.5, 0.6) is 0 Å². The molecule has 0 saturated heterocycles. The summed E-state index contributed by atoms with van der Waals surface area (Å²) in [5.74, 6) is 0.563. The molecule has 7 heteroatoms. The highest BCUT2D eigenvalue weighted by Crippen LogP contribution is 2.39. The second kappa shape index (κ2) is 5.67. The molecule has 1 fully saturated rings. The molecule has 3 rings (SSSR count). The van der Waals surface area contributed by atoms with Crippen LogP contribution in [0.4, 0.5) is 10.8 Å². The SMILES string of the molecule is COC1CCC(Nc2snc(N)c2-c2nc(C)cs2)C1. The molecule has 20 heavy (non-hydrogen) atoms. The van der Waals surface area contributed by atoms with Crippen molar-refractivity contribution >= 4 is 33.7 Å². The van der Waals surface area contributed by atoms with E-state index in [4.69, 9.17) is 10.5 Å². The molecular formula is C13H18N4OS2. The van der Waals surface area contributed by atoms with Crippen molar-refractivity contribution in [2.75, 3.05) is 18.2 Å². The maximum absolute atomic E-state index is 6.01. The monoisotopic (exact) mass is 310 g/mol. The summed E-state index contributed by atoms with van der Waals surface area (Å²) in [7, 11) is 1.78. The van der Waals surface area contributed by atoms with Crippen LogP contribution >= 0.6 is 22.9 Å². The number of methoxy groups -OCH3 is 1. The zero-order valence-corrected chi connectivity index (χ0v) is 13.2. The Morgan fingerprint density at radius 3 is 2.95 bits per heavy atom. The number of anilines is 2. The van der Waals surface area contributed by atoms with E-state index in [0.717, 1.165) is 40.5 Å². The van der Waals surface area contributed by atoms with Crippen LogP contribution in [0.2, 0.25) is 0 Å². The maximum Gasteiger partial charge on any atom is 0.149 e. The summed E-state index contributed by atoms with van der Waals surface area (Å²) >= 11 is 3.03. The minimum atomic E-state index is 0.364. The molecule has 2 atom stereocenters. The molecule has 1 saturated carbocycles. The number of hydrogen-bond acceptors (Lipinski definition) is 7. The molecule has 3 N–H and O–H groups in total. The largest absolute Gasteiger partial charge is 0.382 e. The lowest BCUT2D eigenvalue weighted by Gasteiger charge is -2.13. The number of rotatable bonds is 4. The predicted octanol–water partition coefficient (Wildman–Crippen LogP) is 3.14. The minimum absolute atomic E-state index is 0.364. The molecule has 2 unspecified atom stereocenters. The summed E-state index contributed by atoms with van der Waals surface area (Å²) in [4.78, 5) is 4.52. The van der Waals surface area contributed by atoms with Gasteiger partial charge in [-0.3, -0.25) is 0 Å². The van der Waals surface area contributed by atoms with E-state index < -0.39 is 0 Å². The standard InChI is InChI=1S/C13H18N4OS2/c1-7-6-19-12(15-7)10-11(14)17-20-13(10)16-8-3-4-9(5-8)18-2/h6,8-9,16H,3-5H2,1-2H3,(H2,14,17). The summed E-state index contributed by atoms with van der Waals surface area (Å²) in [5, 5.41) is 7.57. The third-order valence-electron chi connectivity index (χ3n) is 3.60. The van der Waals surface area contributed by atoms with Crippen molar-refractivity contribution in [3.8, 4) is 10.6 Å². The number of nitrogens with one attached hydrogen (secondary N) is 1. The van der Waals surface area contributed by atoms with Crippen molar-refractivity contribution in [3.05, 3.63) is 11.1 Å². The lowest BCUT2D eigenvalue weighted by Crippen LogP contribution is -2.17. The molecule has 0 bridgehead atoms. The molecule has 0 aromatic carbocycles. The number of aromatic nitrogens is 2. The van der Waals surface area contributed by atoms with E-state index in [1.165, 1.54) is 11.5 Å². The summed E-state index contributed by atoms with van der Waals surface area (Å²) in [6.45, 7) is 1.99. The topological polar surface area (TPSA) is 73.1 Å². The highest BCUT2D eigenvalue weighted by Gasteiger charge is 2.26. The van der Waals surface area contributed by atoms with Gasteiger partial charge < -0.3 is 15.8 Å². The van der Waals surface area contributed by atoms with E-state index in [9.17, 15) is 0 Å². The average Bonchev–Trinajstić information content (AvgIpc) is 3.12. The fourth-order valence-corrected chi connectivity index (χ4v) is 4.26. The van der Waals surface area contributed by atoms with Gasteiger partial charge in [0, 0.05) is 24.2 Å². The molecular weight excluding hydrogens is 292 g/mol. The number of nitrogens with zero attached hydrogens (tertiary/aromatic N) is 2. The highest BCUT2D eigenvalue weighted by molar-refractivity contribution is 7.15. The molecule has 0 aliphatic heterocycles. The van der Waals surface area contributed by atoms with E-state index >= 15 is 0 Å². The first-order chi connectivity index (χ1) is 9.67. The van der Waals surface area contributed by atoms with Gasteiger partial charge in [0.05, 0.1) is 11.7 Å². The summed E-state index contributed by atoms with van der Waals surface area (Å²) in [6.07, 6.45) is 3.62. The van der Waals surface area contributed by atoms with Crippen LogP contribution in [0.1, 0.15) is 25.0 Å². The molecule has 2 heterocycles. The molecule has 2 aromatic heterocycles. The second-order valence-corrected chi connectivity index (χ2v) is 6.71. The van der Waals surface area contributed by atoms with Crippen LogP contribution in [0.15, 0.2) is 5.38 Å². The number of aryl methyl sites for hydroxylation is 1. The lowest BCUT2D eigenvalue weighted by molar-refractivity contribution is 0.108. The Bertz CT molecular complexity index is 595. The molecule has 1 aliphatic carbocycles. The molecule has 5 nitrogen and oxygen atoms in total. The van der Waals surface area contributed by atoms with E-state index in [0.29, 0.717) is 18.0 Å². The van der Waals surface area contributed by atoms with Crippen LogP contribution in [-0.4, -0.2) is 28.6 Å². The van der Waals surface area contributed by atoms with E-state index in [2.05, 4.69) is 14.7 Å². The van der Waals surface area contributed by atoms with Gasteiger partial charge in [0.2, 0.25) is 0 Å². The van der Waals surface area contributed by atoms with Crippen molar-refractivity contribution in [1.29, 1.82) is 0 Å². The number of nitrogen functional groups attached to an aromatic ring is 1. The molecule has 0 spiro atoms. The van der Waals surface area contributed by atoms with Gasteiger partial charge >= 0.3 is 0 Å². The van der Waals surface area contributed by atoms with Crippen LogP contribution < -0.4 is 11.1 Å². The first-order valence-corrected chi connectivity index (χ1v) is 8.29. The van der Waals surface area contributed by atoms with Gasteiger partial charge in [0.1, 0.15) is 15.8 Å². The number of thiazole rings is 1. The lowest BCUT2D eigenvalue weighted by atomic mass is 10.2. The Morgan fingerprint density at radius 2 is 2.30 bits per heavy atom. The quantitative estimate of drug-likeness (QED) is 0.907. The predicted molar refractivity (Wildman–Crippen MR) is 84.4 cm³/mol. The Morgan fingerprint density at radius 1 is 1.45 bits per heavy atom. The van der Waals surface area contributed by atoms with Gasteiger partial charge in [-0.2, -0.15) is 4.37 Å². The van der Waals surface area contributed by atoms with Crippen LogP contribution in [0.3, 0.4) is 0 Å². The molecule has 1 aliphatic rings.